The fourth-order valence-electron chi connectivity index (χ4n) is 2.39. The summed E-state index contributed by atoms with van der Waals surface area (Å²) < 4.78 is 0. The summed E-state index contributed by atoms with van der Waals surface area (Å²) in [5.41, 5.74) is 1.06. The topological polar surface area (TPSA) is 41.1 Å². The fourth-order valence-corrected chi connectivity index (χ4v) is 2.39. The average molecular weight is 274 g/mol. The molecule has 1 aromatic rings. The van der Waals surface area contributed by atoms with Gasteiger partial charge in [-0.15, -0.1) is 0 Å². The normalized spacial score (nSPS) is 18.6. The first-order valence-electron chi connectivity index (χ1n) is 8.03. The summed E-state index contributed by atoms with van der Waals surface area (Å²) in [7, 11) is 0. The molecule has 110 valence electrons. The lowest BCUT2D eigenvalue weighted by Gasteiger charge is -2.24. The zero-order valence-corrected chi connectivity index (χ0v) is 12.7. The summed E-state index contributed by atoms with van der Waals surface area (Å²) in [6.45, 7) is 6.52. The van der Waals surface area contributed by atoms with Gasteiger partial charge in [-0.05, 0) is 38.0 Å². The lowest BCUT2D eigenvalue weighted by molar-refractivity contribution is 0.567. The number of hydrogen-bond donors (Lipinski definition) is 1. The van der Waals surface area contributed by atoms with Gasteiger partial charge in [-0.2, -0.15) is 0 Å². The second-order valence-corrected chi connectivity index (χ2v) is 6.63. The molecule has 2 fully saturated rings. The standard InChI is InChI=1S/C16H26N4/c1-12(2)7-8-20(15-5-6-15)16-11-18-14(10-19-16)9-17-13-3-4-13/h10-13,15,17H,3-9H2,1-2H3. The van der Waals surface area contributed by atoms with Crippen LogP contribution in [0.2, 0.25) is 0 Å². The fraction of sp³-hybridized carbons (Fsp3) is 0.750. The van der Waals surface area contributed by atoms with Crippen molar-refractivity contribution in [2.75, 3.05) is 11.4 Å². The van der Waals surface area contributed by atoms with E-state index in [0.717, 1.165) is 36.6 Å². The van der Waals surface area contributed by atoms with Crippen molar-refractivity contribution in [2.45, 2.75) is 64.6 Å². The van der Waals surface area contributed by atoms with Gasteiger partial charge in [0.05, 0.1) is 18.1 Å². The predicted molar refractivity (Wildman–Crippen MR) is 81.7 cm³/mol. The van der Waals surface area contributed by atoms with E-state index in [1.807, 2.05) is 12.4 Å². The van der Waals surface area contributed by atoms with Gasteiger partial charge in [0, 0.05) is 25.2 Å². The van der Waals surface area contributed by atoms with Gasteiger partial charge in [-0.3, -0.25) is 4.98 Å². The Morgan fingerprint density at radius 3 is 2.55 bits per heavy atom. The quantitative estimate of drug-likeness (QED) is 0.791. The number of hydrogen-bond acceptors (Lipinski definition) is 4. The van der Waals surface area contributed by atoms with E-state index in [1.165, 1.54) is 32.1 Å². The van der Waals surface area contributed by atoms with E-state index in [9.17, 15) is 0 Å². The van der Waals surface area contributed by atoms with Crippen molar-refractivity contribution in [2.24, 2.45) is 5.92 Å². The van der Waals surface area contributed by atoms with Crippen LogP contribution in [0, 0.1) is 5.92 Å². The zero-order valence-electron chi connectivity index (χ0n) is 12.7. The molecule has 0 bridgehead atoms. The van der Waals surface area contributed by atoms with Crippen molar-refractivity contribution >= 4 is 5.82 Å². The molecule has 2 aliphatic rings. The van der Waals surface area contributed by atoms with Crippen molar-refractivity contribution in [3.8, 4) is 0 Å². The van der Waals surface area contributed by atoms with E-state index >= 15 is 0 Å². The summed E-state index contributed by atoms with van der Waals surface area (Å²) in [5, 5.41) is 3.48. The Morgan fingerprint density at radius 2 is 2.00 bits per heavy atom. The van der Waals surface area contributed by atoms with E-state index in [0.29, 0.717) is 6.04 Å². The van der Waals surface area contributed by atoms with Gasteiger partial charge in [0.2, 0.25) is 0 Å². The molecule has 1 N–H and O–H groups in total. The molecule has 2 aliphatic carbocycles. The smallest absolute Gasteiger partial charge is 0.147 e. The molecule has 4 heteroatoms. The Balaban J connectivity index is 1.58. The molecule has 0 unspecified atom stereocenters. The van der Waals surface area contributed by atoms with Gasteiger partial charge in [-0.1, -0.05) is 13.8 Å². The number of anilines is 1. The minimum atomic E-state index is 0.707. The highest BCUT2D eigenvalue weighted by Gasteiger charge is 2.30. The van der Waals surface area contributed by atoms with E-state index in [2.05, 4.69) is 34.0 Å². The lowest BCUT2D eigenvalue weighted by atomic mass is 10.1. The first kappa shape index (κ1) is 13.8. The molecule has 0 radical (unpaired) electrons. The van der Waals surface area contributed by atoms with Gasteiger partial charge in [0.25, 0.3) is 0 Å². The summed E-state index contributed by atoms with van der Waals surface area (Å²) in [6.07, 6.45) is 10.4. The minimum Gasteiger partial charge on any atom is -0.352 e. The molecule has 1 heterocycles. The third-order valence-electron chi connectivity index (χ3n) is 4.07. The predicted octanol–water partition coefficient (Wildman–Crippen LogP) is 2.74. The molecule has 20 heavy (non-hydrogen) atoms. The van der Waals surface area contributed by atoms with Crippen LogP contribution in [0.25, 0.3) is 0 Å². The van der Waals surface area contributed by atoms with E-state index < -0.39 is 0 Å². The molecule has 4 nitrogen and oxygen atoms in total. The van der Waals surface area contributed by atoms with Gasteiger partial charge >= 0.3 is 0 Å². The first-order chi connectivity index (χ1) is 9.72. The maximum atomic E-state index is 4.64. The molecule has 2 saturated carbocycles. The van der Waals surface area contributed by atoms with Crippen LogP contribution in [0.5, 0.6) is 0 Å². The summed E-state index contributed by atoms with van der Waals surface area (Å²) in [6, 6.07) is 1.43. The number of aromatic nitrogens is 2. The molecule has 0 atom stereocenters. The van der Waals surface area contributed by atoms with Gasteiger partial charge < -0.3 is 10.2 Å². The summed E-state index contributed by atoms with van der Waals surface area (Å²) >= 11 is 0. The average Bonchev–Trinajstić information content (AvgIpc) is 3.31. The van der Waals surface area contributed by atoms with Crippen LogP contribution in [-0.4, -0.2) is 28.6 Å². The Bertz CT molecular complexity index is 421. The minimum absolute atomic E-state index is 0.707. The first-order valence-corrected chi connectivity index (χ1v) is 8.03. The summed E-state index contributed by atoms with van der Waals surface area (Å²) in [4.78, 5) is 11.7. The van der Waals surface area contributed by atoms with E-state index in [1.54, 1.807) is 0 Å². The van der Waals surface area contributed by atoms with E-state index in [-0.39, 0.29) is 0 Å². The molecular formula is C16H26N4. The number of nitrogens with one attached hydrogen (secondary N) is 1. The Kier molecular flexibility index (Phi) is 4.20. The second kappa shape index (κ2) is 6.08. The Morgan fingerprint density at radius 1 is 1.20 bits per heavy atom. The Hall–Kier alpha value is -1.16. The highest BCUT2D eigenvalue weighted by molar-refractivity contribution is 5.39. The van der Waals surface area contributed by atoms with Gasteiger partial charge in [0.1, 0.15) is 5.82 Å². The van der Waals surface area contributed by atoms with Crippen LogP contribution < -0.4 is 10.2 Å². The van der Waals surface area contributed by atoms with Crippen molar-refractivity contribution in [3.05, 3.63) is 18.1 Å². The van der Waals surface area contributed by atoms with Crippen LogP contribution in [-0.2, 0) is 6.54 Å². The highest BCUT2D eigenvalue weighted by atomic mass is 15.2. The molecule has 0 aliphatic heterocycles. The third kappa shape index (κ3) is 3.92. The van der Waals surface area contributed by atoms with Crippen LogP contribution in [0.15, 0.2) is 12.4 Å². The molecular weight excluding hydrogens is 248 g/mol. The zero-order chi connectivity index (χ0) is 13.9. The molecule has 1 aromatic heterocycles. The third-order valence-corrected chi connectivity index (χ3v) is 4.07. The van der Waals surface area contributed by atoms with Crippen molar-refractivity contribution in [1.82, 2.24) is 15.3 Å². The molecule has 3 rings (SSSR count). The molecule has 0 aromatic carbocycles. The molecule has 0 saturated heterocycles. The largest absolute Gasteiger partial charge is 0.352 e. The van der Waals surface area contributed by atoms with Crippen LogP contribution in [0.3, 0.4) is 0 Å². The van der Waals surface area contributed by atoms with Crippen molar-refractivity contribution in [3.63, 3.8) is 0 Å². The monoisotopic (exact) mass is 274 g/mol. The van der Waals surface area contributed by atoms with Crippen LogP contribution >= 0.6 is 0 Å². The Labute approximate surface area is 122 Å². The van der Waals surface area contributed by atoms with Gasteiger partial charge in [0.15, 0.2) is 0 Å². The lowest BCUT2D eigenvalue weighted by Crippen LogP contribution is -2.29. The van der Waals surface area contributed by atoms with Gasteiger partial charge in [-0.25, -0.2) is 4.98 Å². The van der Waals surface area contributed by atoms with Crippen LogP contribution in [0.1, 0.15) is 51.6 Å². The van der Waals surface area contributed by atoms with Crippen molar-refractivity contribution < 1.29 is 0 Å². The highest BCUT2D eigenvalue weighted by Crippen LogP contribution is 2.30. The number of rotatable bonds is 8. The molecule has 0 spiro atoms. The summed E-state index contributed by atoms with van der Waals surface area (Å²) in [5.74, 6) is 1.80. The maximum absolute atomic E-state index is 4.64. The van der Waals surface area contributed by atoms with Crippen LogP contribution in [0.4, 0.5) is 5.82 Å². The van der Waals surface area contributed by atoms with Crippen molar-refractivity contribution in [1.29, 1.82) is 0 Å². The molecule has 0 amide bonds. The SMILES string of the molecule is CC(C)CCN(c1cnc(CNC2CC2)cn1)C1CC1. The van der Waals surface area contributed by atoms with E-state index in [4.69, 9.17) is 0 Å². The number of nitrogens with zero attached hydrogens (tertiary/aromatic N) is 3. The maximum Gasteiger partial charge on any atom is 0.147 e. The second-order valence-electron chi connectivity index (χ2n) is 6.63.